The number of anilines is 1. The second-order valence-electron chi connectivity index (χ2n) is 5.61. The number of halogens is 1. The van der Waals surface area contributed by atoms with Crippen LogP contribution in [0.15, 0.2) is 16.6 Å². The number of hydrogen-bond acceptors (Lipinski definition) is 2. The van der Waals surface area contributed by atoms with Gasteiger partial charge >= 0.3 is 0 Å². The molecule has 1 saturated heterocycles. The monoisotopic (exact) mass is 338 g/mol. The number of nitrogens with one attached hydrogen (secondary N) is 1. The summed E-state index contributed by atoms with van der Waals surface area (Å²) >= 11 is 3.52. The summed E-state index contributed by atoms with van der Waals surface area (Å²) in [6.45, 7) is 7.92. The molecule has 1 N–H and O–H groups in total. The number of rotatable bonds is 2. The Morgan fingerprint density at radius 1 is 1.25 bits per heavy atom. The summed E-state index contributed by atoms with van der Waals surface area (Å²) in [5, 5.41) is 2.77. The van der Waals surface area contributed by atoms with Crippen LogP contribution in [-0.4, -0.2) is 24.4 Å². The molecule has 1 aliphatic heterocycles. The quantitative estimate of drug-likeness (QED) is 0.900. The fourth-order valence-corrected chi connectivity index (χ4v) is 2.65. The molecule has 1 aliphatic rings. The molecule has 1 aromatic carbocycles. The first-order chi connectivity index (χ1) is 9.31. The average Bonchev–Trinajstić information content (AvgIpc) is 2.37. The third-order valence-corrected chi connectivity index (χ3v) is 4.80. The molecule has 1 atom stereocenters. The zero-order valence-electron chi connectivity index (χ0n) is 12.2. The normalized spacial score (nSPS) is 19.5. The molecule has 20 heavy (non-hydrogen) atoms. The van der Waals surface area contributed by atoms with Gasteiger partial charge in [-0.25, -0.2) is 0 Å². The maximum atomic E-state index is 12.5. The lowest BCUT2D eigenvalue weighted by atomic mass is 10.00. The van der Waals surface area contributed by atoms with Crippen LogP contribution in [0.3, 0.4) is 0 Å². The molecule has 0 bridgehead atoms. The Bertz CT molecular complexity index is 546. The van der Waals surface area contributed by atoms with Crippen LogP contribution in [0, 0.1) is 19.8 Å². The zero-order valence-corrected chi connectivity index (χ0v) is 13.7. The number of carbonyl (C=O) groups excluding carboxylic acids is 2. The lowest BCUT2D eigenvalue weighted by Crippen LogP contribution is -2.60. The van der Waals surface area contributed by atoms with Crippen molar-refractivity contribution in [3.8, 4) is 0 Å². The Morgan fingerprint density at radius 3 is 2.30 bits per heavy atom. The molecule has 0 aromatic heterocycles. The molecule has 1 heterocycles. The van der Waals surface area contributed by atoms with Gasteiger partial charge in [0.25, 0.3) is 0 Å². The largest absolute Gasteiger partial charge is 0.342 e. The molecular formula is C15H19BrN2O2. The smallest absolute Gasteiger partial charge is 0.250 e. The molecular weight excluding hydrogens is 320 g/mol. The van der Waals surface area contributed by atoms with E-state index in [2.05, 4.69) is 21.2 Å². The van der Waals surface area contributed by atoms with E-state index in [1.807, 2.05) is 39.8 Å². The van der Waals surface area contributed by atoms with E-state index in [4.69, 9.17) is 0 Å². The van der Waals surface area contributed by atoms with Crippen molar-refractivity contribution in [2.24, 2.45) is 5.92 Å². The Balaban J connectivity index is 2.40. The van der Waals surface area contributed by atoms with E-state index >= 15 is 0 Å². The summed E-state index contributed by atoms with van der Waals surface area (Å²) in [5.74, 6) is -0.0749. The highest BCUT2D eigenvalue weighted by Gasteiger charge is 2.35. The molecule has 0 saturated carbocycles. The Morgan fingerprint density at radius 2 is 1.80 bits per heavy atom. The fourth-order valence-electron chi connectivity index (χ4n) is 2.42. The van der Waals surface area contributed by atoms with Crippen LogP contribution in [0.25, 0.3) is 0 Å². The number of amides is 2. The van der Waals surface area contributed by atoms with Crippen molar-refractivity contribution in [2.45, 2.75) is 33.7 Å². The minimum Gasteiger partial charge on any atom is -0.342 e. The first-order valence-electron chi connectivity index (χ1n) is 6.68. The van der Waals surface area contributed by atoms with Crippen molar-refractivity contribution in [3.63, 3.8) is 0 Å². The minimum absolute atomic E-state index is 0.0410. The van der Waals surface area contributed by atoms with Crippen molar-refractivity contribution < 1.29 is 9.59 Å². The summed E-state index contributed by atoms with van der Waals surface area (Å²) in [6, 6.07) is 3.43. The van der Waals surface area contributed by atoms with Gasteiger partial charge < -0.3 is 10.2 Å². The second kappa shape index (κ2) is 5.56. The summed E-state index contributed by atoms with van der Waals surface area (Å²) in [5.41, 5.74) is 2.90. The van der Waals surface area contributed by atoms with Crippen LogP contribution < -0.4 is 10.2 Å². The van der Waals surface area contributed by atoms with Gasteiger partial charge in [-0.2, -0.15) is 0 Å². The van der Waals surface area contributed by atoms with E-state index in [0.717, 1.165) is 21.3 Å². The van der Waals surface area contributed by atoms with Gasteiger partial charge in [-0.1, -0.05) is 29.8 Å². The van der Waals surface area contributed by atoms with Crippen molar-refractivity contribution in [1.82, 2.24) is 5.32 Å². The van der Waals surface area contributed by atoms with Gasteiger partial charge in [0.15, 0.2) is 0 Å². The second-order valence-corrected chi connectivity index (χ2v) is 6.40. The predicted octanol–water partition coefficient (Wildman–Crippen LogP) is 2.55. The van der Waals surface area contributed by atoms with Crippen LogP contribution in [0.1, 0.15) is 25.0 Å². The van der Waals surface area contributed by atoms with Crippen LogP contribution in [0.2, 0.25) is 0 Å². The lowest BCUT2D eigenvalue weighted by Gasteiger charge is -2.34. The third-order valence-electron chi connectivity index (χ3n) is 3.55. The molecule has 5 heteroatoms. The van der Waals surface area contributed by atoms with Gasteiger partial charge in [0, 0.05) is 10.2 Å². The molecule has 2 rings (SSSR count). The van der Waals surface area contributed by atoms with Crippen molar-refractivity contribution in [3.05, 3.63) is 27.7 Å². The lowest BCUT2D eigenvalue weighted by molar-refractivity contribution is -0.132. The third kappa shape index (κ3) is 2.73. The number of carbonyl (C=O) groups is 2. The number of hydrogen-bond donors (Lipinski definition) is 1. The Labute approximate surface area is 127 Å². The topological polar surface area (TPSA) is 49.4 Å². The maximum absolute atomic E-state index is 12.5. The van der Waals surface area contributed by atoms with Crippen molar-refractivity contribution in [1.29, 1.82) is 0 Å². The summed E-state index contributed by atoms with van der Waals surface area (Å²) in [4.78, 5) is 25.9. The highest BCUT2D eigenvalue weighted by molar-refractivity contribution is 9.10. The van der Waals surface area contributed by atoms with Crippen LogP contribution in [-0.2, 0) is 9.59 Å². The van der Waals surface area contributed by atoms with Gasteiger partial charge in [0.2, 0.25) is 11.8 Å². The SMILES string of the molecule is Cc1cc(N2CC(=O)NC(C(C)C)C2=O)cc(C)c1Br. The molecule has 1 unspecified atom stereocenters. The van der Waals surface area contributed by atoms with Gasteiger partial charge in [0.1, 0.15) is 12.6 Å². The number of benzene rings is 1. The van der Waals surface area contributed by atoms with Crippen LogP contribution in [0.5, 0.6) is 0 Å². The van der Waals surface area contributed by atoms with Crippen molar-refractivity contribution in [2.75, 3.05) is 11.4 Å². The molecule has 1 aromatic rings. The molecule has 2 amide bonds. The van der Waals surface area contributed by atoms with Gasteiger partial charge in [0.05, 0.1) is 0 Å². The van der Waals surface area contributed by atoms with Crippen LogP contribution in [0.4, 0.5) is 5.69 Å². The molecule has 108 valence electrons. The number of nitrogens with zero attached hydrogens (tertiary/aromatic N) is 1. The van der Waals surface area contributed by atoms with Crippen LogP contribution >= 0.6 is 15.9 Å². The maximum Gasteiger partial charge on any atom is 0.250 e. The fraction of sp³-hybridized carbons (Fsp3) is 0.467. The highest BCUT2D eigenvalue weighted by Crippen LogP contribution is 2.28. The Kier molecular flexibility index (Phi) is 4.18. The summed E-state index contributed by atoms with van der Waals surface area (Å²) < 4.78 is 1.04. The average molecular weight is 339 g/mol. The highest BCUT2D eigenvalue weighted by atomic mass is 79.9. The first-order valence-corrected chi connectivity index (χ1v) is 7.48. The molecule has 0 radical (unpaired) electrons. The van der Waals surface area contributed by atoms with Crippen molar-refractivity contribution >= 4 is 33.4 Å². The standard InChI is InChI=1S/C15H19BrN2O2/c1-8(2)14-15(20)18(7-12(19)17-14)11-5-9(3)13(16)10(4)6-11/h5-6,8,14H,7H2,1-4H3,(H,17,19). The van der Waals surface area contributed by atoms with Gasteiger partial charge in [-0.3, -0.25) is 9.59 Å². The molecule has 1 fully saturated rings. The molecule has 4 nitrogen and oxygen atoms in total. The van der Waals surface area contributed by atoms with E-state index < -0.39 is 6.04 Å². The van der Waals surface area contributed by atoms with E-state index in [-0.39, 0.29) is 24.3 Å². The minimum atomic E-state index is -0.444. The molecule has 0 aliphatic carbocycles. The van der Waals surface area contributed by atoms with E-state index in [1.54, 1.807) is 4.90 Å². The zero-order chi connectivity index (χ0) is 15.0. The van der Waals surface area contributed by atoms with E-state index in [9.17, 15) is 9.59 Å². The number of aryl methyl sites for hydroxylation is 2. The van der Waals surface area contributed by atoms with Gasteiger partial charge in [-0.05, 0) is 43.0 Å². The summed E-state index contributed by atoms with van der Waals surface area (Å²) in [6.07, 6.45) is 0. The Hall–Kier alpha value is -1.36. The predicted molar refractivity (Wildman–Crippen MR) is 82.7 cm³/mol. The van der Waals surface area contributed by atoms with E-state index in [0.29, 0.717) is 0 Å². The number of piperazine rings is 1. The summed E-state index contributed by atoms with van der Waals surface area (Å²) in [7, 11) is 0. The van der Waals surface area contributed by atoms with Gasteiger partial charge in [-0.15, -0.1) is 0 Å². The van der Waals surface area contributed by atoms with E-state index in [1.165, 1.54) is 0 Å². The first kappa shape index (κ1) is 15.0. The molecule has 0 spiro atoms.